The van der Waals surface area contributed by atoms with Crippen molar-refractivity contribution >= 4 is 5.78 Å². The van der Waals surface area contributed by atoms with E-state index in [0.29, 0.717) is 23.7 Å². The van der Waals surface area contributed by atoms with Gasteiger partial charge >= 0.3 is 0 Å². The second-order valence-corrected chi connectivity index (χ2v) is 3.94. The minimum atomic E-state index is 0.296. The van der Waals surface area contributed by atoms with Gasteiger partial charge in [-0.05, 0) is 33.2 Å². The maximum absolute atomic E-state index is 10.9. The number of ketones is 1. The molecule has 1 fully saturated rings. The third-order valence-corrected chi connectivity index (χ3v) is 2.64. The summed E-state index contributed by atoms with van der Waals surface area (Å²) in [5.74, 6) is 1.11. The van der Waals surface area contributed by atoms with E-state index in [1.807, 2.05) is 7.05 Å². The van der Waals surface area contributed by atoms with Gasteiger partial charge in [0.1, 0.15) is 5.78 Å². The van der Waals surface area contributed by atoms with Gasteiger partial charge in [0.15, 0.2) is 0 Å². The molecular weight excluding hydrogens is 166 g/mol. The number of carbonyl (C=O) groups excluding carboxylic acids is 1. The predicted octanol–water partition coefficient (Wildman–Crippen LogP) is 0.836. The van der Waals surface area contributed by atoms with E-state index in [1.54, 1.807) is 6.92 Å². The van der Waals surface area contributed by atoms with E-state index in [2.05, 4.69) is 12.2 Å². The first-order chi connectivity index (χ1) is 6.15. The average molecular weight is 185 g/mol. The number of rotatable bonds is 6. The molecular formula is C10H19NO2. The molecule has 3 unspecified atom stereocenters. The van der Waals surface area contributed by atoms with Gasteiger partial charge in [0.2, 0.25) is 0 Å². The third kappa shape index (κ3) is 3.44. The molecule has 1 N–H and O–H groups in total. The largest absolute Gasteiger partial charge is 0.380 e. The van der Waals surface area contributed by atoms with Crippen molar-refractivity contribution < 1.29 is 9.53 Å². The fraction of sp³-hybridized carbons (Fsp3) is 0.900. The Labute approximate surface area is 79.8 Å². The van der Waals surface area contributed by atoms with Gasteiger partial charge in [-0.15, -0.1) is 0 Å². The van der Waals surface area contributed by atoms with Crippen LogP contribution in [0.1, 0.15) is 20.3 Å². The normalized spacial score (nSPS) is 28.5. The zero-order valence-corrected chi connectivity index (χ0v) is 8.67. The van der Waals surface area contributed by atoms with Crippen LogP contribution in [0.25, 0.3) is 0 Å². The minimum Gasteiger partial charge on any atom is -0.380 e. The van der Waals surface area contributed by atoms with Crippen LogP contribution in [0.5, 0.6) is 0 Å². The molecule has 3 heteroatoms. The van der Waals surface area contributed by atoms with Crippen molar-refractivity contribution in [2.45, 2.75) is 26.3 Å². The van der Waals surface area contributed by atoms with Gasteiger partial charge in [0.25, 0.3) is 0 Å². The number of likely N-dealkylation sites (N-methyl/N-ethyl adjacent to an activating group) is 1. The summed E-state index contributed by atoms with van der Waals surface area (Å²) < 4.78 is 5.48. The third-order valence-electron chi connectivity index (χ3n) is 2.64. The Morgan fingerprint density at radius 1 is 1.69 bits per heavy atom. The summed E-state index contributed by atoms with van der Waals surface area (Å²) >= 11 is 0. The van der Waals surface area contributed by atoms with Crippen LogP contribution in [0.4, 0.5) is 0 Å². The summed E-state index contributed by atoms with van der Waals surface area (Å²) in [5, 5.41) is 3.10. The summed E-state index contributed by atoms with van der Waals surface area (Å²) in [7, 11) is 1.92. The first kappa shape index (κ1) is 10.7. The monoisotopic (exact) mass is 185 g/mol. The molecule has 3 atom stereocenters. The fourth-order valence-corrected chi connectivity index (χ4v) is 1.41. The van der Waals surface area contributed by atoms with Crippen molar-refractivity contribution in [3.8, 4) is 0 Å². The standard InChI is InChI=1S/C10H19NO2/c1-7(11-3)5-13-6-9-4-10(9)8(2)12/h7,9-11H,4-6H2,1-3H3. The van der Waals surface area contributed by atoms with Gasteiger partial charge in [-0.3, -0.25) is 4.79 Å². The average Bonchev–Trinajstić information content (AvgIpc) is 2.83. The van der Waals surface area contributed by atoms with Crippen LogP contribution >= 0.6 is 0 Å². The quantitative estimate of drug-likeness (QED) is 0.666. The highest BCUT2D eigenvalue weighted by molar-refractivity contribution is 5.81. The number of ether oxygens (including phenoxy) is 1. The molecule has 0 aromatic heterocycles. The van der Waals surface area contributed by atoms with Crippen LogP contribution in [0.3, 0.4) is 0 Å². The number of hydrogen-bond donors (Lipinski definition) is 1. The number of nitrogens with one attached hydrogen (secondary N) is 1. The Balaban J connectivity index is 2.00. The number of hydrogen-bond acceptors (Lipinski definition) is 3. The fourth-order valence-electron chi connectivity index (χ4n) is 1.41. The Hall–Kier alpha value is -0.410. The van der Waals surface area contributed by atoms with E-state index in [9.17, 15) is 4.79 Å². The van der Waals surface area contributed by atoms with Crippen LogP contribution < -0.4 is 5.32 Å². The topological polar surface area (TPSA) is 38.3 Å². The van der Waals surface area contributed by atoms with E-state index in [1.165, 1.54) is 0 Å². The molecule has 0 spiro atoms. The van der Waals surface area contributed by atoms with Gasteiger partial charge in [-0.2, -0.15) is 0 Å². The molecule has 0 radical (unpaired) electrons. The first-order valence-corrected chi connectivity index (χ1v) is 4.90. The molecule has 0 saturated heterocycles. The van der Waals surface area contributed by atoms with E-state index in [4.69, 9.17) is 4.74 Å². The molecule has 1 aliphatic carbocycles. The predicted molar refractivity (Wildman–Crippen MR) is 51.6 cm³/mol. The van der Waals surface area contributed by atoms with Gasteiger partial charge in [-0.1, -0.05) is 0 Å². The van der Waals surface area contributed by atoms with Crippen molar-refractivity contribution in [1.82, 2.24) is 5.32 Å². The van der Waals surface area contributed by atoms with Crippen LogP contribution in [0.15, 0.2) is 0 Å². The molecule has 0 bridgehead atoms. The highest BCUT2D eigenvalue weighted by atomic mass is 16.5. The molecule has 1 aliphatic rings. The second-order valence-electron chi connectivity index (χ2n) is 3.94. The van der Waals surface area contributed by atoms with E-state index in [-0.39, 0.29) is 0 Å². The van der Waals surface area contributed by atoms with Gasteiger partial charge in [0.05, 0.1) is 13.2 Å². The van der Waals surface area contributed by atoms with Crippen LogP contribution in [0.2, 0.25) is 0 Å². The van der Waals surface area contributed by atoms with Crippen molar-refractivity contribution in [3.05, 3.63) is 0 Å². The van der Waals surface area contributed by atoms with Crippen molar-refractivity contribution in [2.24, 2.45) is 11.8 Å². The van der Waals surface area contributed by atoms with Crippen LogP contribution in [-0.2, 0) is 9.53 Å². The van der Waals surface area contributed by atoms with Gasteiger partial charge in [0, 0.05) is 12.0 Å². The Bertz CT molecular complexity index is 182. The van der Waals surface area contributed by atoms with Crippen molar-refractivity contribution in [2.75, 3.05) is 20.3 Å². The lowest BCUT2D eigenvalue weighted by Crippen LogP contribution is -2.27. The zero-order chi connectivity index (χ0) is 9.84. The van der Waals surface area contributed by atoms with E-state index >= 15 is 0 Å². The Morgan fingerprint density at radius 3 is 2.85 bits per heavy atom. The SMILES string of the molecule is CNC(C)COCC1CC1C(C)=O. The first-order valence-electron chi connectivity index (χ1n) is 4.90. The zero-order valence-electron chi connectivity index (χ0n) is 8.67. The summed E-state index contributed by atoms with van der Waals surface area (Å²) in [4.78, 5) is 10.9. The molecule has 3 nitrogen and oxygen atoms in total. The van der Waals surface area contributed by atoms with Crippen molar-refractivity contribution in [3.63, 3.8) is 0 Å². The maximum Gasteiger partial charge on any atom is 0.133 e. The smallest absolute Gasteiger partial charge is 0.133 e. The Morgan fingerprint density at radius 2 is 2.38 bits per heavy atom. The van der Waals surface area contributed by atoms with E-state index in [0.717, 1.165) is 19.6 Å². The van der Waals surface area contributed by atoms with Gasteiger partial charge in [-0.25, -0.2) is 0 Å². The molecule has 0 aromatic rings. The molecule has 0 aliphatic heterocycles. The van der Waals surface area contributed by atoms with E-state index < -0.39 is 0 Å². The minimum absolute atomic E-state index is 0.296. The number of Topliss-reactive ketones (excluding diaryl/α,β-unsaturated/α-hetero) is 1. The molecule has 76 valence electrons. The second kappa shape index (κ2) is 4.72. The number of carbonyl (C=O) groups is 1. The lowest BCUT2D eigenvalue weighted by molar-refractivity contribution is -0.118. The summed E-state index contributed by atoms with van der Waals surface area (Å²) in [6.45, 7) is 5.23. The van der Waals surface area contributed by atoms with Crippen molar-refractivity contribution in [1.29, 1.82) is 0 Å². The highest BCUT2D eigenvalue weighted by Crippen LogP contribution is 2.39. The summed E-state index contributed by atoms with van der Waals surface area (Å²) in [5.41, 5.74) is 0. The van der Waals surface area contributed by atoms with Gasteiger partial charge < -0.3 is 10.1 Å². The lowest BCUT2D eigenvalue weighted by Gasteiger charge is -2.09. The molecule has 1 saturated carbocycles. The highest BCUT2D eigenvalue weighted by Gasteiger charge is 2.40. The maximum atomic E-state index is 10.9. The van der Waals surface area contributed by atoms with Crippen LogP contribution in [0, 0.1) is 11.8 Å². The lowest BCUT2D eigenvalue weighted by atomic mass is 10.2. The van der Waals surface area contributed by atoms with Crippen LogP contribution in [-0.4, -0.2) is 32.1 Å². The summed E-state index contributed by atoms with van der Waals surface area (Å²) in [6, 6.07) is 0.398. The molecule has 0 aromatic carbocycles. The summed E-state index contributed by atoms with van der Waals surface area (Å²) in [6.07, 6.45) is 1.03. The molecule has 0 heterocycles. The molecule has 0 amide bonds. The molecule has 13 heavy (non-hydrogen) atoms. The molecule has 1 rings (SSSR count). The Kier molecular flexibility index (Phi) is 3.88.